The standard InChI is InChI=1S/C13H15N3/c1-8-5-6-10(9(2)12(8)14)11-4-3-7-16-13(11)15/h3-7H,14H2,1-2H3,(H2,15,16). The summed E-state index contributed by atoms with van der Waals surface area (Å²) in [6.45, 7) is 4.00. The first-order valence-corrected chi connectivity index (χ1v) is 5.18. The van der Waals surface area contributed by atoms with Crippen LogP contribution in [0.2, 0.25) is 0 Å². The van der Waals surface area contributed by atoms with E-state index in [1.807, 2.05) is 38.1 Å². The van der Waals surface area contributed by atoms with Gasteiger partial charge in [-0.1, -0.05) is 12.1 Å². The van der Waals surface area contributed by atoms with Crippen molar-refractivity contribution in [3.8, 4) is 11.1 Å². The lowest BCUT2D eigenvalue weighted by Gasteiger charge is -2.12. The van der Waals surface area contributed by atoms with Crippen LogP contribution in [-0.4, -0.2) is 4.98 Å². The maximum absolute atomic E-state index is 6.01. The van der Waals surface area contributed by atoms with Crippen LogP contribution in [0.5, 0.6) is 0 Å². The fourth-order valence-electron chi connectivity index (χ4n) is 1.80. The minimum atomic E-state index is 0.536. The SMILES string of the molecule is Cc1ccc(-c2cccnc2N)c(C)c1N. The van der Waals surface area contributed by atoms with Gasteiger partial charge in [0.05, 0.1) is 0 Å². The van der Waals surface area contributed by atoms with Crippen molar-refractivity contribution >= 4 is 11.5 Å². The molecule has 1 heterocycles. The highest BCUT2D eigenvalue weighted by atomic mass is 14.8. The highest BCUT2D eigenvalue weighted by Crippen LogP contribution is 2.31. The van der Waals surface area contributed by atoms with Gasteiger partial charge < -0.3 is 11.5 Å². The Kier molecular flexibility index (Phi) is 2.52. The summed E-state index contributed by atoms with van der Waals surface area (Å²) in [6, 6.07) is 7.87. The Morgan fingerprint density at radius 3 is 2.44 bits per heavy atom. The molecule has 3 heteroatoms. The molecule has 4 N–H and O–H groups in total. The van der Waals surface area contributed by atoms with Gasteiger partial charge >= 0.3 is 0 Å². The quantitative estimate of drug-likeness (QED) is 0.715. The second-order valence-corrected chi connectivity index (χ2v) is 3.90. The Hall–Kier alpha value is -2.03. The number of aromatic nitrogens is 1. The van der Waals surface area contributed by atoms with Crippen molar-refractivity contribution in [3.63, 3.8) is 0 Å². The van der Waals surface area contributed by atoms with Crippen molar-refractivity contribution in [1.82, 2.24) is 4.98 Å². The third-order valence-corrected chi connectivity index (χ3v) is 2.86. The highest BCUT2D eigenvalue weighted by Gasteiger charge is 2.09. The fourth-order valence-corrected chi connectivity index (χ4v) is 1.80. The molecule has 2 rings (SSSR count). The Morgan fingerprint density at radius 2 is 1.75 bits per heavy atom. The molecule has 1 aromatic heterocycles. The van der Waals surface area contributed by atoms with Gasteiger partial charge in [-0.05, 0) is 42.7 Å². The van der Waals surface area contributed by atoms with Gasteiger partial charge in [0.1, 0.15) is 5.82 Å². The number of pyridine rings is 1. The molecule has 3 nitrogen and oxygen atoms in total. The van der Waals surface area contributed by atoms with Crippen LogP contribution < -0.4 is 11.5 Å². The van der Waals surface area contributed by atoms with Crippen LogP contribution in [0.3, 0.4) is 0 Å². The van der Waals surface area contributed by atoms with Crippen LogP contribution in [0.1, 0.15) is 11.1 Å². The Morgan fingerprint density at radius 1 is 1.00 bits per heavy atom. The molecule has 0 bridgehead atoms. The molecule has 0 aliphatic heterocycles. The number of aryl methyl sites for hydroxylation is 1. The fraction of sp³-hybridized carbons (Fsp3) is 0.154. The van der Waals surface area contributed by atoms with Crippen LogP contribution in [0, 0.1) is 13.8 Å². The van der Waals surface area contributed by atoms with E-state index in [0.29, 0.717) is 5.82 Å². The summed E-state index contributed by atoms with van der Waals surface area (Å²) in [5, 5.41) is 0. The molecule has 1 aromatic carbocycles. The maximum atomic E-state index is 6.01. The zero-order valence-corrected chi connectivity index (χ0v) is 9.49. The molecule has 0 radical (unpaired) electrons. The van der Waals surface area contributed by atoms with Gasteiger partial charge in [-0.25, -0.2) is 4.98 Å². The number of hydrogen-bond donors (Lipinski definition) is 2. The predicted molar refractivity (Wildman–Crippen MR) is 68.0 cm³/mol. The number of nitrogens with two attached hydrogens (primary N) is 2. The Labute approximate surface area is 95.1 Å². The predicted octanol–water partition coefficient (Wildman–Crippen LogP) is 2.53. The first-order chi connectivity index (χ1) is 7.61. The smallest absolute Gasteiger partial charge is 0.131 e. The molecule has 0 unspecified atom stereocenters. The van der Waals surface area contributed by atoms with Crippen LogP contribution >= 0.6 is 0 Å². The van der Waals surface area contributed by atoms with Crippen molar-refractivity contribution in [2.45, 2.75) is 13.8 Å². The van der Waals surface area contributed by atoms with Crippen LogP contribution in [0.15, 0.2) is 30.5 Å². The maximum Gasteiger partial charge on any atom is 0.131 e. The van der Waals surface area contributed by atoms with Crippen molar-refractivity contribution in [3.05, 3.63) is 41.6 Å². The third-order valence-electron chi connectivity index (χ3n) is 2.86. The normalized spacial score (nSPS) is 10.4. The van der Waals surface area contributed by atoms with Gasteiger partial charge in [-0.3, -0.25) is 0 Å². The highest BCUT2D eigenvalue weighted by molar-refractivity contribution is 5.80. The van der Waals surface area contributed by atoms with Gasteiger partial charge in [0.2, 0.25) is 0 Å². The summed E-state index contributed by atoms with van der Waals surface area (Å²) in [7, 11) is 0. The average molecular weight is 213 g/mol. The minimum absolute atomic E-state index is 0.536. The van der Waals surface area contributed by atoms with Crippen LogP contribution in [0.25, 0.3) is 11.1 Å². The number of hydrogen-bond acceptors (Lipinski definition) is 3. The zero-order chi connectivity index (χ0) is 11.7. The number of anilines is 2. The molecule has 0 aliphatic rings. The summed E-state index contributed by atoms with van der Waals surface area (Å²) in [5.41, 5.74) is 16.8. The molecule has 0 amide bonds. The van der Waals surface area contributed by atoms with Crippen LogP contribution in [-0.2, 0) is 0 Å². The van der Waals surface area contributed by atoms with Gasteiger partial charge in [0, 0.05) is 17.4 Å². The number of nitrogen functional groups attached to an aromatic ring is 2. The molecular weight excluding hydrogens is 198 g/mol. The summed E-state index contributed by atoms with van der Waals surface area (Å²) >= 11 is 0. The lowest BCUT2D eigenvalue weighted by Crippen LogP contribution is -1.98. The Balaban J connectivity index is 2.66. The second kappa shape index (κ2) is 3.85. The van der Waals surface area contributed by atoms with Gasteiger partial charge in [-0.2, -0.15) is 0 Å². The number of benzene rings is 1. The van der Waals surface area contributed by atoms with Gasteiger partial charge in [-0.15, -0.1) is 0 Å². The zero-order valence-electron chi connectivity index (χ0n) is 9.49. The number of rotatable bonds is 1. The summed E-state index contributed by atoms with van der Waals surface area (Å²) in [5.74, 6) is 0.536. The van der Waals surface area contributed by atoms with E-state index in [2.05, 4.69) is 4.98 Å². The molecule has 0 saturated carbocycles. The molecule has 82 valence electrons. The molecule has 2 aromatic rings. The first-order valence-electron chi connectivity index (χ1n) is 5.18. The van der Waals surface area contributed by atoms with E-state index in [9.17, 15) is 0 Å². The summed E-state index contributed by atoms with van der Waals surface area (Å²) < 4.78 is 0. The van der Waals surface area contributed by atoms with E-state index in [1.165, 1.54) is 0 Å². The Bertz CT molecular complexity index is 533. The van der Waals surface area contributed by atoms with E-state index >= 15 is 0 Å². The van der Waals surface area contributed by atoms with E-state index in [4.69, 9.17) is 11.5 Å². The van der Waals surface area contributed by atoms with E-state index in [1.54, 1.807) is 6.20 Å². The lowest BCUT2D eigenvalue weighted by molar-refractivity contribution is 1.32. The van der Waals surface area contributed by atoms with Crippen LogP contribution in [0.4, 0.5) is 11.5 Å². The average Bonchev–Trinajstić information content (AvgIpc) is 2.28. The molecule has 0 spiro atoms. The van der Waals surface area contributed by atoms with Crippen molar-refractivity contribution in [2.75, 3.05) is 11.5 Å². The largest absolute Gasteiger partial charge is 0.398 e. The molecule has 0 saturated heterocycles. The molecule has 0 aliphatic carbocycles. The molecule has 0 fully saturated rings. The van der Waals surface area contributed by atoms with E-state index in [0.717, 1.165) is 27.9 Å². The van der Waals surface area contributed by atoms with E-state index < -0.39 is 0 Å². The molecule has 16 heavy (non-hydrogen) atoms. The topological polar surface area (TPSA) is 64.9 Å². The van der Waals surface area contributed by atoms with Crippen molar-refractivity contribution in [2.24, 2.45) is 0 Å². The van der Waals surface area contributed by atoms with Crippen molar-refractivity contribution < 1.29 is 0 Å². The third kappa shape index (κ3) is 1.60. The molecular formula is C13H15N3. The second-order valence-electron chi connectivity index (χ2n) is 3.90. The van der Waals surface area contributed by atoms with Gasteiger partial charge in [0.15, 0.2) is 0 Å². The lowest BCUT2D eigenvalue weighted by atomic mass is 9.97. The summed E-state index contributed by atoms with van der Waals surface area (Å²) in [4.78, 5) is 4.09. The van der Waals surface area contributed by atoms with Crippen molar-refractivity contribution in [1.29, 1.82) is 0 Å². The number of nitrogens with zero attached hydrogens (tertiary/aromatic N) is 1. The monoisotopic (exact) mass is 213 g/mol. The first kappa shape index (κ1) is 10.5. The van der Waals surface area contributed by atoms with Gasteiger partial charge in [0.25, 0.3) is 0 Å². The summed E-state index contributed by atoms with van der Waals surface area (Å²) in [6.07, 6.45) is 1.69. The van der Waals surface area contributed by atoms with E-state index in [-0.39, 0.29) is 0 Å². The minimum Gasteiger partial charge on any atom is -0.398 e. The molecule has 0 atom stereocenters.